The number of hydrogen-bond acceptors (Lipinski definition) is 3. The van der Waals surface area contributed by atoms with Crippen molar-refractivity contribution in [1.29, 1.82) is 0 Å². The van der Waals surface area contributed by atoms with Crippen LogP contribution in [0.1, 0.15) is 71.6 Å². The molecule has 0 atom stereocenters. The van der Waals surface area contributed by atoms with Crippen molar-refractivity contribution in [2.75, 3.05) is 13.1 Å². The molecule has 110 valence electrons. The van der Waals surface area contributed by atoms with Gasteiger partial charge in [0.2, 0.25) is 0 Å². The molecule has 0 aliphatic heterocycles. The Morgan fingerprint density at radius 2 is 1.26 bits per heavy atom. The van der Waals surface area contributed by atoms with Gasteiger partial charge in [-0.15, -0.1) is 0 Å². The third kappa shape index (κ3) is 4.55. The summed E-state index contributed by atoms with van der Waals surface area (Å²) in [6.45, 7) is 6.93. The number of nitrogens with zero attached hydrogens (tertiary/aromatic N) is 3. The zero-order chi connectivity index (χ0) is 13.5. The van der Waals surface area contributed by atoms with Crippen LogP contribution in [0.4, 0.5) is 0 Å². The van der Waals surface area contributed by atoms with Crippen LogP contribution in [0.5, 0.6) is 0 Å². The largest absolute Gasteiger partial charge is 0.301 e. The van der Waals surface area contributed by atoms with E-state index >= 15 is 0 Å². The summed E-state index contributed by atoms with van der Waals surface area (Å²) in [5.74, 6) is 0. The molecule has 0 amide bonds. The Morgan fingerprint density at radius 3 is 1.79 bits per heavy atom. The van der Waals surface area contributed by atoms with E-state index in [9.17, 15) is 0 Å². The van der Waals surface area contributed by atoms with Crippen molar-refractivity contribution in [1.82, 2.24) is 4.90 Å². The average Bonchev–Trinajstić information content (AvgIpc) is 2.49. The van der Waals surface area contributed by atoms with Crippen LogP contribution in [0.15, 0.2) is 10.2 Å². The van der Waals surface area contributed by atoms with Crippen molar-refractivity contribution in [3.63, 3.8) is 0 Å². The quantitative estimate of drug-likeness (QED) is 0.676. The van der Waals surface area contributed by atoms with E-state index in [1.54, 1.807) is 0 Å². The molecular formula is C16H31N3. The monoisotopic (exact) mass is 265 g/mol. The molecule has 19 heavy (non-hydrogen) atoms. The van der Waals surface area contributed by atoms with E-state index in [0.717, 1.165) is 6.04 Å². The summed E-state index contributed by atoms with van der Waals surface area (Å²) < 4.78 is 0. The minimum absolute atomic E-state index is 0.522. The Kier molecular flexibility index (Phi) is 6.29. The first-order chi connectivity index (χ1) is 9.33. The van der Waals surface area contributed by atoms with Gasteiger partial charge in [-0.1, -0.05) is 33.1 Å². The summed E-state index contributed by atoms with van der Waals surface area (Å²) in [7, 11) is 0. The molecule has 0 unspecified atom stereocenters. The highest BCUT2D eigenvalue weighted by molar-refractivity contribution is 4.82. The van der Waals surface area contributed by atoms with Gasteiger partial charge in [-0.2, -0.15) is 10.2 Å². The van der Waals surface area contributed by atoms with Gasteiger partial charge in [0.05, 0.1) is 12.1 Å². The molecular weight excluding hydrogens is 234 g/mol. The maximum atomic E-state index is 4.66. The molecule has 2 fully saturated rings. The number of hydrogen-bond donors (Lipinski definition) is 0. The van der Waals surface area contributed by atoms with Crippen LogP contribution >= 0.6 is 0 Å². The van der Waals surface area contributed by atoms with Crippen LogP contribution in [0.25, 0.3) is 0 Å². The maximum Gasteiger partial charge on any atom is 0.0709 e. The van der Waals surface area contributed by atoms with Crippen LogP contribution < -0.4 is 0 Å². The van der Waals surface area contributed by atoms with Crippen LogP contribution in [0.2, 0.25) is 0 Å². The molecule has 0 radical (unpaired) electrons. The molecule has 0 bridgehead atoms. The molecule has 0 saturated heterocycles. The first-order valence-electron chi connectivity index (χ1n) is 8.47. The zero-order valence-electron chi connectivity index (χ0n) is 12.9. The van der Waals surface area contributed by atoms with E-state index in [1.807, 2.05) is 0 Å². The lowest BCUT2D eigenvalue weighted by Crippen LogP contribution is -2.38. The molecule has 0 spiro atoms. The molecule has 3 heteroatoms. The van der Waals surface area contributed by atoms with Gasteiger partial charge in [-0.3, -0.25) is 0 Å². The van der Waals surface area contributed by atoms with Gasteiger partial charge in [-0.05, 0) is 51.6 Å². The minimum Gasteiger partial charge on any atom is -0.301 e. The summed E-state index contributed by atoms with van der Waals surface area (Å²) in [6.07, 6.45) is 11.8. The normalized spacial score (nSPS) is 30.3. The fourth-order valence-corrected chi connectivity index (χ4v) is 3.66. The fourth-order valence-electron chi connectivity index (χ4n) is 3.66. The van der Waals surface area contributed by atoms with Gasteiger partial charge < -0.3 is 4.90 Å². The average molecular weight is 265 g/mol. The van der Waals surface area contributed by atoms with Crippen molar-refractivity contribution in [2.45, 2.75) is 89.8 Å². The summed E-state index contributed by atoms with van der Waals surface area (Å²) in [5, 5.41) is 9.29. The van der Waals surface area contributed by atoms with Gasteiger partial charge in [-0.25, -0.2) is 0 Å². The number of rotatable bonds is 5. The van der Waals surface area contributed by atoms with Crippen molar-refractivity contribution in [3.8, 4) is 0 Å². The summed E-state index contributed by atoms with van der Waals surface area (Å²) >= 11 is 0. The lowest BCUT2D eigenvalue weighted by Gasteiger charge is -2.34. The second-order valence-corrected chi connectivity index (χ2v) is 6.21. The van der Waals surface area contributed by atoms with Gasteiger partial charge >= 0.3 is 0 Å². The van der Waals surface area contributed by atoms with Crippen LogP contribution in [-0.2, 0) is 0 Å². The third-order valence-electron chi connectivity index (χ3n) is 4.96. The Labute approximate surface area is 118 Å². The predicted molar refractivity (Wildman–Crippen MR) is 80.7 cm³/mol. The second-order valence-electron chi connectivity index (χ2n) is 6.21. The standard InChI is InChI=1S/C16H31N3/c1-3-19(4-2)16-12-10-15(11-13-16)18-17-14-8-6-5-7-9-14/h14-16H,3-13H2,1-2H3. The highest BCUT2D eigenvalue weighted by Crippen LogP contribution is 2.26. The lowest BCUT2D eigenvalue weighted by molar-refractivity contribution is 0.163. The molecule has 0 aromatic rings. The summed E-state index contributed by atoms with van der Waals surface area (Å²) in [4.78, 5) is 2.61. The lowest BCUT2D eigenvalue weighted by atomic mass is 9.90. The van der Waals surface area contributed by atoms with E-state index in [1.165, 1.54) is 70.9 Å². The molecule has 2 rings (SSSR count). The Bertz CT molecular complexity index is 259. The maximum absolute atomic E-state index is 4.66. The highest BCUT2D eigenvalue weighted by Gasteiger charge is 2.24. The summed E-state index contributed by atoms with van der Waals surface area (Å²) in [5.41, 5.74) is 0. The molecule has 2 aliphatic carbocycles. The number of azo groups is 1. The van der Waals surface area contributed by atoms with E-state index in [0.29, 0.717) is 12.1 Å². The molecule has 3 nitrogen and oxygen atoms in total. The van der Waals surface area contributed by atoms with Crippen LogP contribution in [0.3, 0.4) is 0 Å². The topological polar surface area (TPSA) is 28.0 Å². The van der Waals surface area contributed by atoms with Crippen molar-refractivity contribution >= 4 is 0 Å². The molecule has 0 N–H and O–H groups in total. The third-order valence-corrected chi connectivity index (χ3v) is 4.96. The van der Waals surface area contributed by atoms with Gasteiger partial charge in [0.25, 0.3) is 0 Å². The van der Waals surface area contributed by atoms with E-state index in [2.05, 4.69) is 29.0 Å². The SMILES string of the molecule is CCN(CC)C1CCC(N=NC2CCCCC2)CC1. The van der Waals surface area contributed by atoms with Crippen LogP contribution in [0, 0.1) is 0 Å². The van der Waals surface area contributed by atoms with Gasteiger partial charge in [0.15, 0.2) is 0 Å². The molecule has 0 aromatic carbocycles. The van der Waals surface area contributed by atoms with Crippen molar-refractivity contribution in [2.24, 2.45) is 10.2 Å². The van der Waals surface area contributed by atoms with E-state index in [-0.39, 0.29) is 0 Å². The smallest absolute Gasteiger partial charge is 0.0709 e. The van der Waals surface area contributed by atoms with E-state index < -0.39 is 0 Å². The molecule has 0 heterocycles. The minimum atomic E-state index is 0.522. The van der Waals surface area contributed by atoms with Gasteiger partial charge in [0, 0.05) is 6.04 Å². The molecule has 2 aliphatic rings. The first-order valence-corrected chi connectivity index (χ1v) is 8.47. The Hall–Kier alpha value is -0.440. The fraction of sp³-hybridized carbons (Fsp3) is 1.00. The second kappa shape index (κ2) is 7.98. The summed E-state index contributed by atoms with van der Waals surface area (Å²) in [6, 6.07) is 1.87. The van der Waals surface area contributed by atoms with Crippen LogP contribution in [-0.4, -0.2) is 36.1 Å². The molecule has 0 aromatic heterocycles. The molecule has 2 saturated carbocycles. The Balaban J connectivity index is 1.72. The van der Waals surface area contributed by atoms with Crippen molar-refractivity contribution in [3.05, 3.63) is 0 Å². The highest BCUT2D eigenvalue weighted by atomic mass is 15.2. The van der Waals surface area contributed by atoms with Gasteiger partial charge in [0.1, 0.15) is 0 Å². The predicted octanol–water partition coefficient (Wildman–Crippen LogP) is 4.42. The first kappa shape index (κ1) is 15.0. The van der Waals surface area contributed by atoms with Crippen molar-refractivity contribution < 1.29 is 0 Å². The van der Waals surface area contributed by atoms with E-state index in [4.69, 9.17) is 0 Å². The Morgan fingerprint density at radius 1 is 0.737 bits per heavy atom. The zero-order valence-corrected chi connectivity index (χ0v) is 12.9.